The van der Waals surface area contributed by atoms with Crippen molar-refractivity contribution in [3.63, 3.8) is 0 Å². The number of nitrogens with one attached hydrogen (secondary N) is 3. The van der Waals surface area contributed by atoms with Crippen LogP contribution in [-0.4, -0.2) is 71.0 Å². The highest BCUT2D eigenvalue weighted by molar-refractivity contribution is 5.94. The van der Waals surface area contributed by atoms with Gasteiger partial charge in [0, 0.05) is 19.4 Å². The van der Waals surface area contributed by atoms with E-state index in [2.05, 4.69) is 16.0 Å². The first-order chi connectivity index (χ1) is 17.9. The van der Waals surface area contributed by atoms with E-state index >= 15 is 0 Å². The first-order valence-corrected chi connectivity index (χ1v) is 12.9. The highest BCUT2D eigenvalue weighted by atomic mass is 16.4. The van der Waals surface area contributed by atoms with Crippen LogP contribution in [0.3, 0.4) is 0 Å². The minimum absolute atomic E-state index is 0.0759. The van der Waals surface area contributed by atoms with Crippen molar-refractivity contribution in [1.82, 2.24) is 20.9 Å². The minimum Gasteiger partial charge on any atom is -0.480 e. The molecule has 9 heteroatoms. The van der Waals surface area contributed by atoms with Gasteiger partial charge in [-0.15, -0.1) is 0 Å². The van der Waals surface area contributed by atoms with E-state index in [9.17, 15) is 24.3 Å². The molecular formula is C28H34N4O5. The van der Waals surface area contributed by atoms with Crippen LogP contribution in [0.15, 0.2) is 60.7 Å². The number of hydrogen-bond acceptors (Lipinski definition) is 5. The van der Waals surface area contributed by atoms with E-state index in [4.69, 9.17) is 0 Å². The SMILES string of the molecule is O=C(O)[C@H](Cc1ccccc1)NC(=O)[C@H](Cc1ccccc1)NC(=O)[C@@H]1CCCN1C(=O)[C@@H]1CCCN1. The summed E-state index contributed by atoms with van der Waals surface area (Å²) in [7, 11) is 0. The topological polar surface area (TPSA) is 128 Å². The fourth-order valence-corrected chi connectivity index (χ4v) is 5.05. The molecule has 0 bridgehead atoms. The Balaban J connectivity index is 1.48. The number of carboxylic acid groups (broad SMARTS) is 1. The van der Waals surface area contributed by atoms with Gasteiger partial charge in [0.15, 0.2) is 0 Å². The van der Waals surface area contributed by atoms with Crippen molar-refractivity contribution in [2.24, 2.45) is 0 Å². The molecule has 2 saturated heterocycles. The van der Waals surface area contributed by atoms with E-state index in [-0.39, 0.29) is 24.8 Å². The number of aliphatic carboxylic acids is 1. The van der Waals surface area contributed by atoms with Gasteiger partial charge in [0.25, 0.3) is 0 Å². The summed E-state index contributed by atoms with van der Waals surface area (Å²) in [6, 6.07) is 15.2. The van der Waals surface area contributed by atoms with E-state index in [1.54, 1.807) is 17.0 Å². The Labute approximate surface area is 216 Å². The van der Waals surface area contributed by atoms with Crippen LogP contribution >= 0.6 is 0 Å². The number of benzene rings is 2. The number of carbonyl (C=O) groups is 4. The van der Waals surface area contributed by atoms with Crippen LogP contribution in [0.5, 0.6) is 0 Å². The lowest BCUT2D eigenvalue weighted by molar-refractivity contribution is -0.143. The zero-order chi connectivity index (χ0) is 26.2. The van der Waals surface area contributed by atoms with Gasteiger partial charge in [-0.05, 0) is 43.4 Å². The van der Waals surface area contributed by atoms with Crippen LogP contribution in [0.2, 0.25) is 0 Å². The van der Waals surface area contributed by atoms with E-state index < -0.39 is 35.9 Å². The lowest BCUT2D eigenvalue weighted by Gasteiger charge is -2.28. The second-order valence-electron chi connectivity index (χ2n) is 9.68. The van der Waals surface area contributed by atoms with Crippen molar-refractivity contribution in [2.75, 3.05) is 13.1 Å². The van der Waals surface area contributed by atoms with Gasteiger partial charge in [-0.1, -0.05) is 60.7 Å². The zero-order valence-electron chi connectivity index (χ0n) is 20.8. The maximum Gasteiger partial charge on any atom is 0.326 e. The number of likely N-dealkylation sites (tertiary alicyclic amines) is 1. The zero-order valence-corrected chi connectivity index (χ0v) is 20.8. The summed E-state index contributed by atoms with van der Waals surface area (Å²) in [6.07, 6.45) is 3.23. The summed E-state index contributed by atoms with van der Waals surface area (Å²) >= 11 is 0. The Morgan fingerprint density at radius 3 is 2.05 bits per heavy atom. The average Bonchev–Trinajstić information content (AvgIpc) is 3.61. The summed E-state index contributed by atoms with van der Waals surface area (Å²) in [4.78, 5) is 53.3. The molecule has 4 atom stereocenters. The summed E-state index contributed by atoms with van der Waals surface area (Å²) in [5.74, 6) is -2.20. The largest absolute Gasteiger partial charge is 0.480 e. The first kappa shape index (κ1) is 26.3. The Morgan fingerprint density at radius 2 is 1.49 bits per heavy atom. The van der Waals surface area contributed by atoms with Crippen molar-refractivity contribution in [1.29, 1.82) is 0 Å². The fourth-order valence-electron chi connectivity index (χ4n) is 5.05. The van der Waals surface area contributed by atoms with Crippen LogP contribution in [0, 0.1) is 0 Å². The maximum absolute atomic E-state index is 13.4. The third-order valence-electron chi connectivity index (χ3n) is 7.01. The molecule has 2 fully saturated rings. The summed E-state index contributed by atoms with van der Waals surface area (Å²) in [5.41, 5.74) is 1.60. The standard InChI is InChI=1S/C28H34N4O5/c33-25(31-23(28(36)37)18-20-11-5-2-6-12-20)22(17-19-9-3-1-4-10-19)30-26(34)24-14-8-16-32(24)27(35)21-13-7-15-29-21/h1-6,9-12,21-24,29H,7-8,13-18H2,(H,30,34)(H,31,33)(H,36,37)/t21-,22-,23-,24-/m0/s1. The van der Waals surface area contributed by atoms with E-state index in [1.165, 1.54) is 0 Å². The fraction of sp³-hybridized carbons (Fsp3) is 0.429. The average molecular weight is 507 g/mol. The van der Waals surface area contributed by atoms with Gasteiger partial charge < -0.3 is 26.0 Å². The van der Waals surface area contributed by atoms with Crippen LogP contribution in [0.25, 0.3) is 0 Å². The minimum atomic E-state index is -1.15. The van der Waals surface area contributed by atoms with E-state index in [1.807, 2.05) is 48.5 Å². The van der Waals surface area contributed by atoms with Crippen molar-refractivity contribution in [3.05, 3.63) is 71.8 Å². The summed E-state index contributed by atoms with van der Waals surface area (Å²) in [5, 5.41) is 18.4. The molecular weight excluding hydrogens is 472 g/mol. The van der Waals surface area contributed by atoms with E-state index in [0.29, 0.717) is 19.4 Å². The smallest absolute Gasteiger partial charge is 0.326 e. The maximum atomic E-state index is 13.4. The van der Waals surface area contributed by atoms with Crippen LogP contribution in [-0.2, 0) is 32.0 Å². The molecule has 2 aromatic rings. The summed E-state index contributed by atoms with van der Waals surface area (Å²) < 4.78 is 0. The van der Waals surface area contributed by atoms with Gasteiger partial charge in [0.1, 0.15) is 18.1 Å². The monoisotopic (exact) mass is 506 g/mol. The molecule has 0 aliphatic carbocycles. The normalized spacial score (nSPS) is 20.7. The molecule has 4 N–H and O–H groups in total. The third-order valence-corrected chi connectivity index (χ3v) is 7.01. The van der Waals surface area contributed by atoms with Crippen LogP contribution < -0.4 is 16.0 Å². The quantitative estimate of drug-likeness (QED) is 0.384. The van der Waals surface area contributed by atoms with Crippen LogP contribution in [0.4, 0.5) is 0 Å². The molecule has 2 aliphatic heterocycles. The Hall–Kier alpha value is -3.72. The first-order valence-electron chi connectivity index (χ1n) is 12.9. The van der Waals surface area contributed by atoms with Crippen LogP contribution in [0.1, 0.15) is 36.8 Å². The Kier molecular flexibility index (Phi) is 8.90. The lowest BCUT2D eigenvalue weighted by atomic mass is 10.0. The Morgan fingerprint density at radius 1 is 0.865 bits per heavy atom. The number of nitrogens with zero attached hydrogens (tertiary/aromatic N) is 1. The number of rotatable bonds is 10. The van der Waals surface area contributed by atoms with Gasteiger partial charge in [-0.3, -0.25) is 14.4 Å². The molecule has 2 aliphatic rings. The molecule has 3 amide bonds. The summed E-state index contributed by atoms with van der Waals surface area (Å²) in [6.45, 7) is 1.29. The number of carbonyl (C=O) groups excluding carboxylic acids is 3. The number of carboxylic acids is 1. The second-order valence-corrected chi connectivity index (χ2v) is 9.68. The molecule has 2 heterocycles. The van der Waals surface area contributed by atoms with Crippen molar-refractivity contribution in [2.45, 2.75) is 62.7 Å². The third kappa shape index (κ3) is 6.95. The molecule has 0 saturated carbocycles. The molecule has 4 rings (SSSR count). The van der Waals surface area contributed by atoms with Gasteiger partial charge in [-0.2, -0.15) is 0 Å². The molecule has 9 nitrogen and oxygen atoms in total. The molecule has 196 valence electrons. The molecule has 37 heavy (non-hydrogen) atoms. The number of amides is 3. The highest BCUT2D eigenvalue weighted by Gasteiger charge is 2.39. The lowest BCUT2D eigenvalue weighted by Crippen LogP contribution is -2.57. The van der Waals surface area contributed by atoms with Gasteiger partial charge >= 0.3 is 5.97 Å². The molecule has 0 unspecified atom stereocenters. The molecule has 0 radical (unpaired) electrons. The van der Waals surface area contributed by atoms with Gasteiger partial charge in [0.05, 0.1) is 6.04 Å². The highest BCUT2D eigenvalue weighted by Crippen LogP contribution is 2.21. The van der Waals surface area contributed by atoms with Crippen molar-refractivity contribution >= 4 is 23.7 Å². The van der Waals surface area contributed by atoms with Gasteiger partial charge in [-0.25, -0.2) is 4.79 Å². The Bertz CT molecular complexity index is 1090. The van der Waals surface area contributed by atoms with Gasteiger partial charge in [0.2, 0.25) is 17.7 Å². The second kappa shape index (κ2) is 12.5. The van der Waals surface area contributed by atoms with Crippen molar-refractivity contribution in [3.8, 4) is 0 Å². The molecule has 2 aromatic carbocycles. The molecule has 0 spiro atoms. The predicted octanol–water partition coefficient (Wildman–Crippen LogP) is 1.27. The van der Waals surface area contributed by atoms with Crippen molar-refractivity contribution < 1.29 is 24.3 Å². The van der Waals surface area contributed by atoms with E-state index in [0.717, 1.165) is 30.5 Å². The molecule has 0 aromatic heterocycles. The number of hydrogen-bond donors (Lipinski definition) is 4. The predicted molar refractivity (Wildman–Crippen MR) is 138 cm³/mol.